The Balaban J connectivity index is 0.000000130. The third-order valence-electron chi connectivity index (χ3n) is 24.2. The molecule has 0 saturated carbocycles. The molecule has 0 unspecified atom stereocenters. The number of fused-ring (bicyclic) bond motifs is 20. The van der Waals surface area contributed by atoms with Gasteiger partial charge in [-0.2, -0.15) is 0 Å². The predicted molar refractivity (Wildman–Crippen MR) is 432 cm³/mol. The van der Waals surface area contributed by atoms with Gasteiger partial charge in [0.25, 0.3) is 0 Å². The molecule has 0 atom stereocenters. The molecule has 8 N–H and O–H groups in total. The topological polar surface area (TPSA) is 239 Å². The molecule has 4 aliphatic carbocycles. The second-order valence-corrected chi connectivity index (χ2v) is 30.5. The second kappa shape index (κ2) is 30.3. The maximum absolute atomic E-state index is 13.9. The lowest BCUT2D eigenvalue weighted by atomic mass is 9.70. The highest BCUT2D eigenvalue weighted by Gasteiger charge is 2.47. The van der Waals surface area contributed by atoms with Crippen molar-refractivity contribution in [1.29, 1.82) is 0 Å². The van der Waals surface area contributed by atoms with Gasteiger partial charge in [0.15, 0.2) is 0 Å². The van der Waals surface area contributed by atoms with Gasteiger partial charge in [0.2, 0.25) is 0 Å². The largest absolute Gasteiger partial charge is 0.507 e. The van der Waals surface area contributed by atoms with Crippen molar-refractivity contribution in [2.75, 3.05) is 7.11 Å². The van der Waals surface area contributed by atoms with Gasteiger partial charge in [-0.25, -0.2) is 32.3 Å². The van der Waals surface area contributed by atoms with Crippen molar-refractivity contribution in [2.45, 2.75) is 167 Å². The highest BCUT2D eigenvalue weighted by molar-refractivity contribution is 6.11. The lowest BCUT2D eigenvalue weighted by Gasteiger charge is -2.33. The zero-order valence-corrected chi connectivity index (χ0v) is 63.8. The van der Waals surface area contributed by atoms with Gasteiger partial charge in [-0.3, -0.25) is 0 Å². The minimum Gasteiger partial charge on any atom is -0.507 e. The fraction of sp³-hybridized carbons (Fsp3) is 0.284. The maximum Gasteiger partial charge on any atom is 0.335 e. The van der Waals surface area contributed by atoms with Crippen LogP contribution in [0.3, 0.4) is 0 Å². The fourth-order valence-electron chi connectivity index (χ4n) is 18.6. The molecule has 0 saturated heterocycles. The van der Waals surface area contributed by atoms with E-state index in [0.29, 0.717) is 27.5 Å². The van der Waals surface area contributed by atoms with Crippen molar-refractivity contribution in [1.82, 2.24) is 0 Å². The summed E-state index contributed by atoms with van der Waals surface area (Å²) >= 11 is 0. The molecule has 0 fully saturated rings. The van der Waals surface area contributed by atoms with E-state index in [0.717, 1.165) is 200 Å². The van der Waals surface area contributed by atoms with E-state index < -0.39 is 41.3 Å². The normalized spacial score (nSPS) is 14.1. The van der Waals surface area contributed by atoms with Crippen LogP contribution in [0.25, 0.3) is 87.6 Å². The fourth-order valence-corrected chi connectivity index (χ4v) is 18.6. The Labute approximate surface area is 642 Å². The maximum atomic E-state index is 13.9. The Hall–Kier alpha value is -11.7. The van der Waals surface area contributed by atoms with Gasteiger partial charge >= 0.3 is 23.9 Å². The number of phenolic OH excluding ortho intramolecular Hbond substituents is 4. The highest BCUT2D eigenvalue weighted by Crippen LogP contribution is 2.62. The summed E-state index contributed by atoms with van der Waals surface area (Å²) in [6, 6.07) is 47.2. The SMILES string of the molecule is CC1(C)c2ccc(C(=O)O)cc2-c2c1cc(O)c1cc(F)ccc21.CCC1(CC)c2ccc(C(=O)O)cc2-c2c1cc(O)c1cc(F)ccc21.CCCCC1(CCCC)c2ccc(C(=O)O)cc2-c2c1cc(O)c1cc(F)ccc21.CCCCC1(CCCC)c2ccc(C(=O)O)cc2-c2c1cc(O)c1cc(OC)ccc21. The standard InChI is InChI=1S/C27H30O4.C26H27FO3.C22H19FO3.C20H15FO3/c1-4-6-12-27(13-7-5-2)22-11-8-17(26(29)30)14-21(22)25-19-10-9-18(31-3)15-20(19)24(28)16-23(25)27;1-3-5-11-26(12-6-4-2)21-10-7-16(25(29)30)13-20(21)24-18-9-8-17(27)14-19(18)23(28)15-22(24)26;1-3-22(4-2)17-8-5-12(21(25)26)9-16(17)20-14-7-6-13(23)10-15(14)19(24)11-18(20)22;1-20(2)15-6-3-10(19(23)24)7-14(15)18-12-5-4-11(21)8-13(12)17(22)9-16(18)20/h8-11,14-16,28H,4-7,12-13H2,1-3H3,(H,29,30);7-10,13-15,28H,3-6,11-12H2,1-2H3,(H,29,30);5-11,24H,3-4H2,1-2H3,(H,25,26);3-9,22H,1-2H3,(H,23,24). The lowest BCUT2D eigenvalue weighted by Crippen LogP contribution is -2.25. The summed E-state index contributed by atoms with van der Waals surface area (Å²) in [5, 5.41) is 85.9. The second-order valence-electron chi connectivity index (χ2n) is 30.5. The number of unbranched alkanes of at least 4 members (excludes halogenated alkanes) is 4. The summed E-state index contributed by atoms with van der Waals surface area (Å²) in [5.41, 5.74) is 15.6. The van der Waals surface area contributed by atoms with Crippen LogP contribution in [0.15, 0.2) is 170 Å². The summed E-state index contributed by atoms with van der Waals surface area (Å²) in [6.07, 6.45) is 14.0. The number of phenols is 4. The van der Waals surface area contributed by atoms with Gasteiger partial charge in [0, 0.05) is 43.2 Å². The number of methoxy groups -OCH3 is 1. The van der Waals surface area contributed by atoms with E-state index >= 15 is 0 Å². The van der Waals surface area contributed by atoms with Gasteiger partial charge in [-0.15, -0.1) is 0 Å². The predicted octanol–water partition coefficient (Wildman–Crippen LogP) is 24.1. The lowest BCUT2D eigenvalue weighted by molar-refractivity contribution is 0.0686. The first-order valence-electron chi connectivity index (χ1n) is 38.4. The van der Waals surface area contributed by atoms with E-state index in [1.165, 1.54) is 42.0 Å². The molecule has 12 aromatic rings. The summed E-state index contributed by atoms with van der Waals surface area (Å²) in [5.74, 6) is -4.01. The van der Waals surface area contributed by atoms with Gasteiger partial charge in [-0.1, -0.05) is 149 Å². The number of hydrogen-bond donors (Lipinski definition) is 8. The van der Waals surface area contributed by atoms with E-state index in [4.69, 9.17) is 4.74 Å². The summed E-state index contributed by atoms with van der Waals surface area (Å²) in [6.45, 7) is 17.0. The Morgan fingerprint density at radius 3 is 0.892 bits per heavy atom. The van der Waals surface area contributed by atoms with Gasteiger partial charge in [-0.05, 0) is 276 Å². The van der Waals surface area contributed by atoms with Crippen LogP contribution in [-0.2, 0) is 21.7 Å². The quantitative estimate of drug-likeness (QED) is 0.0376. The number of benzene rings is 12. The number of halogens is 3. The van der Waals surface area contributed by atoms with Crippen LogP contribution in [0.5, 0.6) is 28.7 Å². The van der Waals surface area contributed by atoms with Crippen LogP contribution in [0.2, 0.25) is 0 Å². The molecule has 16 heteroatoms. The minimum absolute atomic E-state index is 0.0302. The van der Waals surface area contributed by atoms with Crippen molar-refractivity contribution in [3.63, 3.8) is 0 Å². The highest BCUT2D eigenvalue weighted by atomic mass is 19.1. The van der Waals surface area contributed by atoms with Crippen LogP contribution in [0, 0.1) is 17.5 Å². The minimum atomic E-state index is -0.988. The average Bonchev–Trinajstić information content (AvgIpc) is 1.57. The smallest absolute Gasteiger partial charge is 0.335 e. The number of rotatable bonds is 19. The summed E-state index contributed by atoms with van der Waals surface area (Å²) in [7, 11) is 1.61. The Kier molecular flexibility index (Phi) is 21.2. The van der Waals surface area contributed by atoms with Crippen molar-refractivity contribution in [2.24, 2.45) is 0 Å². The first kappa shape index (κ1) is 77.5. The molecule has 0 bridgehead atoms. The zero-order chi connectivity index (χ0) is 79.5. The number of ether oxygens (including phenoxy) is 1. The third-order valence-corrected chi connectivity index (χ3v) is 24.2. The number of hydrogen-bond acceptors (Lipinski definition) is 9. The molecule has 16 rings (SSSR count). The molecule has 111 heavy (non-hydrogen) atoms. The molecule has 0 radical (unpaired) electrons. The molecule has 12 aromatic carbocycles. The summed E-state index contributed by atoms with van der Waals surface area (Å²) < 4.78 is 46.6. The zero-order valence-electron chi connectivity index (χ0n) is 63.8. The van der Waals surface area contributed by atoms with E-state index in [-0.39, 0.29) is 61.3 Å². The van der Waals surface area contributed by atoms with Crippen molar-refractivity contribution in [3.8, 4) is 73.3 Å². The number of carboxylic acids is 4. The molecular weight excluding hydrogens is 1410 g/mol. The Bertz CT molecular complexity index is 5770. The van der Waals surface area contributed by atoms with E-state index in [1.54, 1.807) is 86.0 Å². The summed E-state index contributed by atoms with van der Waals surface area (Å²) in [4.78, 5) is 46.3. The first-order chi connectivity index (χ1) is 53.1. The molecular formula is C95H91F3O13. The average molecular weight is 1500 g/mol. The number of aromatic carboxylic acids is 4. The molecule has 0 aliphatic heterocycles. The molecule has 0 spiro atoms. The van der Waals surface area contributed by atoms with E-state index in [2.05, 4.69) is 41.5 Å². The van der Waals surface area contributed by atoms with Crippen molar-refractivity contribution < 1.29 is 77.9 Å². The van der Waals surface area contributed by atoms with Crippen LogP contribution in [0.1, 0.15) is 231 Å². The molecule has 0 heterocycles. The van der Waals surface area contributed by atoms with E-state index in [1.807, 2.05) is 68.4 Å². The third kappa shape index (κ3) is 13.1. The molecule has 0 amide bonds. The Morgan fingerprint density at radius 2 is 0.586 bits per heavy atom. The molecule has 4 aliphatic rings. The van der Waals surface area contributed by atoms with Crippen LogP contribution < -0.4 is 4.74 Å². The van der Waals surface area contributed by atoms with E-state index in [9.17, 15) is 73.2 Å². The Morgan fingerprint density at radius 1 is 0.315 bits per heavy atom. The monoisotopic (exact) mass is 1500 g/mol. The van der Waals surface area contributed by atoms with Crippen molar-refractivity contribution >= 4 is 67.0 Å². The first-order valence-corrected chi connectivity index (χ1v) is 38.4. The number of aromatic hydroxyl groups is 4. The van der Waals surface area contributed by atoms with Crippen LogP contribution in [0.4, 0.5) is 13.2 Å². The van der Waals surface area contributed by atoms with Gasteiger partial charge in [0.1, 0.15) is 46.2 Å². The molecule has 13 nitrogen and oxygen atoms in total. The molecule has 570 valence electrons. The van der Waals surface area contributed by atoms with Crippen LogP contribution in [-0.4, -0.2) is 71.8 Å². The number of carboxylic acid groups (broad SMARTS) is 4. The van der Waals surface area contributed by atoms with Gasteiger partial charge in [0.05, 0.1) is 29.4 Å². The van der Waals surface area contributed by atoms with Crippen molar-refractivity contribution in [3.05, 3.63) is 254 Å². The molecule has 0 aromatic heterocycles. The van der Waals surface area contributed by atoms with Gasteiger partial charge < -0.3 is 45.6 Å². The number of carbonyl (C=O) groups is 4. The van der Waals surface area contributed by atoms with Crippen LogP contribution >= 0.6 is 0 Å².